The second kappa shape index (κ2) is 5.57. The maximum absolute atomic E-state index is 12.5. The van der Waals surface area contributed by atoms with E-state index in [1.165, 1.54) is 38.5 Å². The number of urea groups is 1. The van der Waals surface area contributed by atoms with Gasteiger partial charge in [0.25, 0.3) is 0 Å². The predicted octanol–water partition coefficient (Wildman–Crippen LogP) is 4.03. The Labute approximate surface area is 138 Å². The second-order valence-corrected chi connectivity index (χ2v) is 8.39. The van der Waals surface area contributed by atoms with Crippen LogP contribution in [-0.4, -0.2) is 24.0 Å². The average molecular weight is 316 g/mol. The van der Waals surface area contributed by atoms with Crippen LogP contribution >= 0.6 is 0 Å². The van der Waals surface area contributed by atoms with E-state index in [9.17, 15) is 4.79 Å². The minimum atomic E-state index is 0.0182. The molecule has 0 aromatic carbocycles. The molecule has 1 N–H and O–H groups in total. The Morgan fingerprint density at radius 2 is 1.91 bits per heavy atom. The van der Waals surface area contributed by atoms with Crippen LogP contribution in [0.1, 0.15) is 51.2 Å². The first kappa shape index (κ1) is 15.1. The molecule has 0 unspecified atom stereocenters. The van der Waals surface area contributed by atoms with Gasteiger partial charge in [-0.3, -0.25) is 0 Å². The molecule has 4 heteroatoms. The standard InChI is InChI=1S/C19H28N2O2/c1-13(20-18(22)21(2)12-17-4-3-5-23-17)19-9-14-6-15(10-19)8-16(7-14)11-19/h3-5,13-16H,6-12H2,1-2H3,(H,20,22)/t13-,14?,15?,16?,19?/m1/s1. The molecule has 126 valence electrons. The van der Waals surface area contributed by atoms with Crippen LogP contribution in [0.2, 0.25) is 0 Å². The number of hydrogen-bond donors (Lipinski definition) is 1. The highest BCUT2D eigenvalue weighted by Gasteiger charge is 2.53. The predicted molar refractivity (Wildman–Crippen MR) is 88.8 cm³/mol. The Balaban J connectivity index is 1.39. The summed E-state index contributed by atoms with van der Waals surface area (Å²) >= 11 is 0. The lowest BCUT2D eigenvalue weighted by Gasteiger charge is -2.59. The molecule has 1 atom stereocenters. The van der Waals surface area contributed by atoms with Gasteiger partial charge in [-0.05, 0) is 80.8 Å². The summed E-state index contributed by atoms with van der Waals surface area (Å²) in [4.78, 5) is 14.3. The first-order chi connectivity index (χ1) is 11.0. The summed E-state index contributed by atoms with van der Waals surface area (Å²) in [5.41, 5.74) is 0.357. The molecule has 23 heavy (non-hydrogen) atoms. The van der Waals surface area contributed by atoms with Gasteiger partial charge in [0, 0.05) is 13.1 Å². The summed E-state index contributed by atoms with van der Waals surface area (Å²) < 4.78 is 5.34. The van der Waals surface area contributed by atoms with Crippen LogP contribution in [0, 0.1) is 23.2 Å². The molecule has 4 aliphatic rings. The highest BCUT2D eigenvalue weighted by atomic mass is 16.3. The lowest BCUT2D eigenvalue weighted by molar-refractivity contribution is -0.0687. The van der Waals surface area contributed by atoms with E-state index in [1.807, 2.05) is 19.2 Å². The normalized spacial score (nSPS) is 36.0. The zero-order valence-electron chi connectivity index (χ0n) is 14.3. The smallest absolute Gasteiger partial charge is 0.317 e. The Kier molecular flexibility index (Phi) is 3.66. The summed E-state index contributed by atoms with van der Waals surface area (Å²) in [6.45, 7) is 2.75. The third-order valence-corrected chi connectivity index (χ3v) is 6.66. The first-order valence-corrected chi connectivity index (χ1v) is 9.08. The summed E-state index contributed by atoms with van der Waals surface area (Å²) in [6, 6.07) is 4.05. The minimum absolute atomic E-state index is 0.0182. The summed E-state index contributed by atoms with van der Waals surface area (Å²) in [5.74, 6) is 3.58. The molecule has 1 aromatic heterocycles. The monoisotopic (exact) mass is 316 g/mol. The minimum Gasteiger partial charge on any atom is -0.467 e. The number of carbonyl (C=O) groups excluding carboxylic acids is 1. The van der Waals surface area contributed by atoms with Crippen molar-refractivity contribution >= 4 is 6.03 Å². The number of rotatable bonds is 4. The van der Waals surface area contributed by atoms with Crippen molar-refractivity contribution in [2.45, 2.75) is 58.0 Å². The SMILES string of the molecule is C[C@@H](NC(=O)N(C)Cc1ccco1)C12CC3CC(CC(C3)C1)C2. The number of carbonyl (C=O) groups is 1. The van der Waals surface area contributed by atoms with Gasteiger partial charge >= 0.3 is 6.03 Å². The Bertz CT molecular complexity index is 531. The van der Waals surface area contributed by atoms with Crippen molar-refractivity contribution in [1.82, 2.24) is 10.2 Å². The van der Waals surface area contributed by atoms with Crippen LogP contribution in [-0.2, 0) is 6.54 Å². The summed E-state index contributed by atoms with van der Waals surface area (Å²) in [5, 5.41) is 3.29. The first-order valence-electron chi connectivity index (χ1n) is 9.08. The zero-order chi connectivity index (χ0) is 16.0. The van der Waals surface area contributed by atoms with Gasteiger partial charge in [-0.1, -0.05) is 0 Å². The van der Waals surface area contributed by atoms with Crippen molar-refractivity contribution in [3.8, 4) is 0 Å². The summed E-state index contributed by atoms with van der Waals surface area (Å²) in [6.07, 6.45) is 9.95. The van der Waals surface area contributed by atoms with Crippen LogP contribution in [0.5, 0.6) is 0 Å². The maximum atomic E-state index is 12.5. The van der Waals surface area contributed by atoms with E-state index >= 15 is 0 Å². The van der Waals surface area contributed by atoms with Crippen LogP contribution in [0.3, 0.4) is 0 Å². The van der Waals surface area contributed by atoms with Crippen LogP contribution in [0.25, 0.3) is 0 Å². The van der Waals surface area contributed by atoms with Gasteiger partial charge in [0.15, 0.2) is 0 Å². The number of amides is 2. The molecule has 0 aliphatic heterocycles. The molecule has 5 rings (SSSR count). The Hall–Kier alpha value is -1.45. The van der Waals surface area contributed by atoms with Crippen molar-refractivity contribution in [2.24, 2.45) is 23.2 Å². The van der Waals surface area contributed by atoms with Gasteiger partial charge in [0.2, 0.25) is 0 Å². The van der Waals surface area contributed by atoms with Crippen LogP contribution in [0.15, 0.2) is 22.8 Å². The fraction of sp³-hybridized carbons (Fsp3) is 0.737. The van der Waals surface area contributed by atoms with Crippen molar-refractivity contribution in [3.63, 3.8) is 0 Å². The molecule has 4 fully saturated rings. The number of nitrogens with one attached hydrogen (secondary N) is 1. The third kappa shape index (κ3) is 2.77. The zero-order valence-corrected chi connectivity index (χ0v) is 14.3. The largest absolute Gasteiger partial charge is 0.467 e. The molecule has 2 amide bonds. The second-order valence-electron chi connectivity index (χ2n) is 8.39. The van der Waals surface area contributed by atoms with Crippen molar-refractivity contribution < 1.29 is 9.21 Å². The molecule has 4 saturated carbocycles. The molecular formula is C19H28N2O2. The van der Waals surface area contributed by atoms with Gasteiger partial charge < -0.3 is 14.6 Å². The van der Waals surface area contributed by atoms with Crippen molar-refractivity contribution in [1.29, 1.82) is 0 Å². The lowest BCUT2D eigenvalue weighted by atomic mass is 9.48. The van der Waals surface area contributed by atoms with Gasteiger partial charge in [-0.25, -0.2) is 4.79 Å². The molecular weight excluding hydrogens is 288 g/mol. The van der Waals surface area contributed by atoms with Crippen LogP contribution < -0.4 is 5.32 Å². The number of hydrogen-bond acceptors (Lipinski definition) is 2. The van der Waals surface area contributed by atoms with E-state index in [0.717, 1.165) is 23.5 Å². The van der Waals surface area contributed by atoms with Crippen molar-refractivity contribution in [2.75, 3.05) is 7.05 Å². The fourth-order valence-corrected chi connectivity index (χ4v) is 5.86. The quantitative estimate of drug-likeness (QED) is 0.911. The summed E-state index contributed by atoms with van der Waals surface area (Å²) in [7, 11) is 1.84. The highest BCUT2D eigenvalue weighted by molar-refractivity contribution is 5.74. The average Bonchev–Trinajstić information content (AvgIpc) is 2.98. The lowest BCUT2D eigenvalue weighted by Crippen LogP contribution is -2.57. The van der Waals surface area contributed by atoms with E-state index in [1.54, 1.807) is 11.2 Å². The molecule has 4 nitrogen and oxygen atoms in total. The van der Waals surface area contributed by atoms with Crippen LogP contribution in [0.4, 0.5) is 4.79 Å². The molecule has 0 saturated heterocycles. The topological polar surface area (TPSA) is 45.5 Å². The molecule has 4 bridgehead atoms. The Morgan fingerprint density at radius 3 is 2.43 bits per heavy atom. The van der Waals surface area contributed by atoms with Crippen molar-refractivity contribution in [3.05, 3.63) is 24.2 Å². The van der Waals surface area contributed by atoms with E-state index in [0.29, 0.717) is 12.0 Å². The van der Waals surface area contributed by atoms with Gasteiger partial charge in [-0.2, -0.15) is 0 Å². The molecule has 0 spiro atoms. The van der Waals surface area contributed by atoms with Gasteiger partial charge in [-0.15, -0.1) is 0 Å². The third-order valence-electron chi connectivity index (χ3n) is 6.66. The number of nitrogens with zero attached hydrogens (tertiary/aromatic N) is 1. The van der Waals surface area contributed by atoms with E-state index in [2.05, 4.69) is 12.2 Å². The van der Waals surface area contributed by atoms with Gasteiger partial charge in [0.05, 0.1) is 12.8 Å². The van der Waals surface area contributed by atoms with E-state index in [4.69, 9.17) is 4.42 Å². The molecule has 1 heterocycles. The Morgan fingerprint density at radius 1 is 1.30 bits per heavy atom. The molecule has 0 radical (unpaired) electrons. The molecule has 1 aromatic rings. The maximum Gasteiger partial charge on any atom is 0.317 e. The highest BCUT2D eigenvalue weighted by Crippen LogP contribution is 2.61. The van der Waals surface area contributed by atoms with E-state index < -0.39 is 0 Å². The fourth-order valence-electron chi connectivity index (χ4n) is 5.86. The number of furan rings is 1. The van der Waals surface area contributed by atoms with Gasteiger partial charge in [0.1, 0.15) is 5.76 Å². The van der Waals surface area contributed by atoms with E-state index in [-0.39, 0.29) is 12.1 Å². The molecule has 4 aliphatic carbocycles.